The van der Waals surface area contributed by atoms with E-state index in [1.165, 1.54) is 25.9 Å². The van der Waals surface area contributed by atoms with Gasteiger partial charge < -0.3 is 20.9 Å². The van der Waals surface area contributed by atoms with E-state index in [9.17, 15) is 4.79 Å². The summed E-state index contributed by atoms with van der Waals surface area (Å²) in [5.41, 5.74) is 6.69. The molecule has 5 heteroatoms. The lowest BCUT2D eigenvalue weighted by Gasteiger charge is -2.28. The van der Waals surface area contributed by atoms with E-state index in [0.717, 1.165) is 18.9 Å². The summed E-state index contributed by atoms with van der Waals surface area (Å²) in [6.45, 7) is 3.09. The lowest BCUT2D eigenvalue weighted by molar-refractivity contribution is 0.0944. The van der Waals surface area contributed by atoms with E-state index in [1.807, 2.05) is 0 Å². The van der Waals surface area contributed by atoms with Crippen LogP contribution in [0.4, 0.5) is 5.69 Å². The smallest absolute Gasteiger partial charge is 0.267 e. The van der Waals surface area contributed by atoms with Crippen LogP contribution in [0.25, 0.3) is 0 Å². The minimum atomic E-state index is -0.0698. The van der Waals surface area contributed by atoms with Crippen LogP contribution in [-0.2, 0) is 0 Å². The number of likely N-dealkylation sites (tertiary alicyclic amines) is 1. The number of aromatic nitrogens is 1. The fraction of sp³-hybridized carbons (Fsp3) is 0.615. The molecule has 1 saturated heterocycles. The Labute approximate surface area is 108 Å². The van der Waals surface area contributed by atoms with Crippen molar-refractivity contribution in [3.05, 3.63) is 18.0 Å². The number of piperidine rings is 1. The van der Waals surface area contributed by atoms with Crippen LogP contribution >= 0.6 is 0 Å². The van der Waals surface area contributed by atoms with Crippen molar-refractivity contribution in [1.29, 1.82) is 0 Å². The SMILES string of the molecule is CN1CCC(CCNC(=O)c2cc(N)c[nH]2)CC1. The third-order valence-corrected chi connectivity index (χ3v) is 3.63. The Kier molecular flexibility index (Phi) is 4.25. The monoisotopic (exact) mass is 250 g/mol. The van der Waals surface area contributed by atoms with Gasteiger partial charge in [0.1, 0.15) is 5.69 Å². The third-order valence-electron chi connectivity index (χ3n) is 3.63. The van der Waals surface area contributed by atoms with E-state index in [0.29, 0.717) is 11.4 Å². The zero-order chi connectivity index (χ0) is 13.0. The van der Waals surface area contributed by atoms with Gasteiger partial charge in [0.25, 0.3) is 5.91 Å². The number of carbonyl (C=O) groups excluding carboxylic acids is 1. The Hall–Kier alpha value is -1.49. The first-order chi connectivity index (χ1) is 8.65. The number of nitrogens with two attached hydrogens (primary N) is 1. The number of hydrogen-bond donors (Lipinski definition) is 3. The highest BCUT2D eigenvalue weighted by Gasteiger charge is 2.16. The highest BCUT2D eigenvalue weighted by atomic mass is 16.1. The van der Waals surface area contributed by atoms with Crippen LogP contribution in [0.3, 0.4) is 0 Å². The summed E-state index contributed by atoms with van der Waals surface area (Å²) < 4.78 is 0. The first kappa shape index (κ1) is 13.0. The largest absolute Gasteiger partial charge is 0.397 e. The number of rotatable bonds is 4. The molecule has 1 fully saturated rings. The number of amides is 1. The van der Waals surface area contributed by atoms with Crippen molar-refractivity contribution >= 4 is 11.6 Å². The molecule has 0 atom stereocenters. The van der Waals surface area contributed by atoms with Crippen LogP contribution in [0.15, 0.2) is 12.3 Å². The predicted octanol–water partition coefficient (Wildman–Crippen LogP) is 1.06. The topological polar surface area (TPSA) is 74.2 Å². The summed E-state index contributed by atoms with van der Waals surface area (Å²) in [5.74, 6) is 0.676. The zero-order valence-electron chi connectivity index (χ0n) is 10.9. The van der Waals surface area contributed by atoms with Gasteiger partial charge in [-0.3, -0.25) is 4.79 Å². The molecule has 1 aromatic heterocycles. The predicted molar refractivity (Wildman–Crippen MR) is 72.4 cm³/mol. The molecule has 2 heterocycles. The molecule has 100 valence electrons. The Morgan fingerprint density at radius 1 is 1.56 bits per heavy atom. The van der Waals surface area contributed by atoms with Gasteiger partial charge in [-0.05, 0) is 51.4 Å². The standard InChI is InChI=1S/C13H22N4O/c1-17-6-3-10(4-7-17)2-5-15-13(18)12-8-11(14)9-16-12/h8-10,16H,2-7,14H2,1H3,(H,15,18). The summed E-state index contributed by atoms with van der Waals surface area (Å²) >= 11 is 0. The van der Waals surface area contributed by atoms with Crippen molar-refractivity contribution in [1.82, 2.24) is 15.2 Å². The van der Waals surface area contributed by atoms with Crippen molar-refractivity contribution in [2.24, 2.45) is 5.92 Å². The lowest BCUT2D eigenvalue weighted by atomic mass is 9.94. The van der Waals surface area contributed by atoms with Crippen molar-refractivity contribution in [3.63, 3.8) is 0 Å². The first-order valence-electron chi connectivity index (χ1n) is 6.56. The van der Waals surface area contributed by atoms with E-state index >= 15 is 0 Å². The van der Waals surface area contributed by atoms with Gasteiger partial charge in [0.05, 0.1) is 0 Å². The number of aromatic amines is 1. The summed E-state index contributed by atoms with van der Waals surface area (Å²) in [7, 11) is 2.16. The maximum absolute atomic E-state index is 11.7. The Bertz CT molecular complexity index is 393. The van der Waals surface area contributed by atoms with Crippen LogP contribution in [0.2, 0.25) is 0 Å². The van der Waals surface area contributed by atoms with Gasteiger partial charge in [0.15, 0.2) is 0 Å². The van der Waals surface area contributed by atoms with Gasteiger partial charge >= 0.3 is 0 Å². The molecule has 0 aliphatic carbocycles. The van der Waals surface area contributed by atoms with Crippen LogP contribution < -0.4 is 11.1 Å². The Morgan fingerprint density at radius 3 is 2.89 bits per heavy atom. The van der Waals surface area contributed by atoms with Crippen molar-refractivity contribution in [2.45, 2.75) is 19.3 Å². The number of nitrogens with zero attached hydrogens (tertiary/aromatic N) is 1. The van der Waals surface area contributed by atoms with Gasteiger partial charge in [-0.15, -0.1) is 0 Å². The van der Waals surface area contributed by atoms with Crippen LogP contribution in [0.1, 0.15) is 29.8 Å². The first-order valence-corrected chi connectivity index (χ1v) is 6.56. The van der Waals surface area contributed by atoms with Gasteiger partial charge in [0, 0.05) is 18.4 Å². The van der Waals surface area contributed by atoms with Gasteiger partial charge in [-0.1, -0.05) is 0 Å². The number of nitrogens with one attached hydrogen (secondary N) is 2. The van der Waals surface area contributed by atoms with Crippen molar-refractivity contribution in [2.75, 3.05) is 32.4 Å². The van der Waals surface area contributed by atoms with Crippen molar-refractivity contribution < 1.29 is 4.79 Å². The van der Waals surface area contributed by atoms with Gasteiger partial charge in [-0.2, -0.15) is 0 Å². The van der Waals surface area contributed by atoms with Crippen LogP contribution in [0.5, 0.6) is 0 Å². The number of carbonyl (C=O) groups is 1. The minimum Gasteiger partial charge on any atom is -0.397 e. The normalized spacial score (nSPS) is 17.8. The molecule has 0 saturated carbocycles. The molecular weight excluding hydrogens is 228 g/mol. The quantitative estimate of drug-likeness (QED) is 0.748. The molecule has 0 bridgehead atoms. The highest BCUT2D eigenvalue weighted by Crippen LogP contribution is 2.18. The molecule has 0 unspecified atom stereocenters. The fourth-order valence-electron chi connectivity index (χ4n) is 2.38. The molecule has 5 nitrogen and oxygen atoms in total. The number of hydrogen-bond acceptors (Lipinski definition) is 3. The van der Waals surface area contributed by atoms with Crippen LogP contribution in [0, 0.1) is 5.92 Å². The Morgan fingerprint density at radius 2 is 2.28 bits per heavy atom. The summed E-state index contributed by atoms with van der Waals surface area (Å²) in [4.78, 5) is 17.0. The van der Waals surface area contributed by atoms with Gasteiger partial charge in [-0.25, -0.2) is 0 Å². The maximum Gasteiger partial charge on any atom is 0.267 e. The molecule has 1 aliphatic heterocycles. The maximum atomic E-state index is 11.7. The average Bonchev–Trinajstić information content (AvgIpc) is 2.78. The van der Waals surface area contributed by atoms with E-state index in [1.54, 1.807) is 12.3 Å². The zero-order valence-corrected chi connectivity index (χ0v) is 10.9. The van der Waals surface area contributed by atoms with Gasteiger partial charge in [0.2, 0.25) is 0 Å². The fourth-order valence-corrected chi connectivity index (χ4v) is 2.38. The second-order valence-corrected chi connectivity index (χ2v) is 5.14. The van der Waals surface area contributed by atoms with Crippen LogP contribution in [-0.4, -0.2) is 42.5 Å². The van der Waals surface area contributed by atoms with E-state index in [4.69, 9.17) is 5.73 Å². The molecule has 0 radical (unpaired) electrons. The van der Waals surface area contributed by atoms with E-state index < -0.39 is 0 Å². The lowest BCUT2D eigenvalue weighted by Crippen LogP contribution is -2.32. The molecular formula is C13H22N4O. The van der Waals surface area contributed by atoms with E-state index in [-0.39, 0.29) is 5.91 Å². The molecule has 1 aliphatic rings. The number of anilines is 1. The molecule has 4 N–H and O–H groups in total. The van der Waals surface area contributed by atoms with Crippen molar-refractivity contribution in [3.8, 4) is 0 Å². The molecule has 18 heavy (non-hydrogen) atoms. The molecule has 1 amide bonds. The number of nitrogen functional groups attached to an aromatic ring is 1. The second kappa shape index (κ2) is 5.91. The van der Waals surface area contributed by atoms with E-state index in [2.05, 4.69) is 22.2 Å². The summed E-state index contributed by atoms with van der Waals surface area (Å²) in [6.07, 6.45) is 5.17. The highest BCUT2D eigenvalue weighted by molar-refractivity contribution is 5.93. The Balaban J connectivity index is 1.67. The third kappa shape index (κ3) is 3.50. The molecule has 0 spiro atoms. The molecule has 2 rings (SSSR count). The number of H-pyrrole nitrogens is 1. The summed E-state index contributed by atoms with van der Waals surface area (Å²) in [5, 5.41) is 2.93. The molecule has 1 aromatic rings. The molecule has 0 aromatic carbocycles. The minimum absolute atomic E-state index is 0.0698. The average molecular weight is 250 g/mol. The summed E-state index contributed by atoms with van der Waals surface area (Å²) in [6, 6.07) is 1.66. The second-order valence-electron chi connectivity index (χ2n) is 5.14.